The molecule has 0 unspecified atom stereocenters. The molecule has 0 amide bonds. The van der Waals surface area contributed by atoms with E-state index in [2.05, 4.69) is 18.2 Å². The number of rotatable bonds is 2. The van der Waals surface area contributed by atoms with E-state index in [1.165, 1.54) is 5.56 Å². The van der Waals surface area contributed by atoms with E-state index in [1.807, 2.05) is 42.5 Å². The van der Waals surface area contributed by atoms with E-state index in [0.717, 1.165) is 5.56 Å². The van der Waals surface area contributed by atoms with Gasteiger partial charge < -0.3 is 4.74 Å². The lowest BCUT2D eigenvalue weighted by atomic mass is 10.0. The average Bonchev–Trinajstić information content (AvgIpc) is 3.20. The van der Waals surface area contributed by atoms with Crippen LogP contribution in [-0.2, 0) is 4.74 Å². The highest BCUT2D eigenvalue weighted by atomic mass is 16.6. The van der Waals surface area contributed by atoms with Gasteiger partial charge in [-0.15, -0.1) is 0 Å². The Hall–Kier alpha value is -2.11. The number of ether oxygens (including phenoxy) is 1. The van der Waals surface area contributed by atoms with Gasteiger partial charge in [0.25, 0.3) is 0 Å². The van der Waals surface area contributed by atoms with Crippen molar-refractivity contribution in [2.45, 2.75) is 12.2 Å². The number of hydrogen-bond acceptors (Lipinski definition) is 2. The van der Waals surface area contributed by atoms with E-state index < -0.39 is 0 Å². The third kappa shape index (κ3) is 1.93. The summed E-state index contributed by atoms with van der Waals surface area (Å²) in [6, 6.07) is 19.9. The predicted molar refractivity (Wildman–Crippen MR) is 64.2 cm³/mol. The molecule has 1 heterocycles. The Morgan fingerprint density at radius 1 is 0.824 bits per heavy atom. The molecule has 1 saturated heterocycles. The quantitative estimate of drug-likeness (QED) is 0.729. The second-order valence-electron chi connectivity index (χ2n) is 4.12. The first kappa shape index (κ1) is 10.1. The van der Waals surface area contributed by atoms with E-state index >= 15 is 0 Å². The molecule has 0 bridgehead atoms. The lowest BCUT2D eigenvalue weighted by molar-refractivity contribution is 0.377. The van der Waals surface area contributed by atoms with Gasteiger partial charge in [-0.2, -0.15) is 5.26 Å². The fourth-order valence-corrected chi connectivity index (χ4v) is 2.01. The van der Waals surface area contributed by atoms with E-state index in [1.54, 1.807) is 0 Å². The van der Waals surface area contributed by atoms with Gasteiger partial charge in [0.15, 0.2) is 0 Å². The van der Waals surface area contributed by atoms with Gasteiger partial charge in [0.05, 0.1) is 11.6 Å². The Morgan fingerprint density at radius 2 is 1.41 bits per heavy atom. The van der Waals surface area contributed by atoms with Gasteiger partial charge in [-0.25, -0.2) is 0 Å². The molecule has 1 aliphatic heterocycles. The molecule has 17 heavy (non-hydrogen) atoms. The summed E-state index contributed by atoms with van der Waals surface area (Å²) < 4.78 is 5.68. The van der Waals surface area contributed by atoms with E-state index in [0.29, 0.717) is 5.56 Å². The molecule has 3 rings (SSSR count). The fourth-order valence-electron chi connectivity index (χ4n) is 2.01. The Morgan fingerprint density at radius 3 is 2.00 bits per heavy atom. The van der Waals surface area contributed by atoms with Crippen molar-refractivity contribution < 1.29 is 4.74 Å². The molecule has 1 fully saturated rings. The summed E-state index contributed by atoms with van der Waals surface area (Å²) in [6.07, 6.45) is 0.314. The summed E-state index contributed by atoms with van der Waals surface area (Å²) in [6.45, 7) is 0. The van der Waals surface area contributed by atoms with Crippen molar-refractivity contribution in [3.63, 3.8) is 0 Å². The average molecular weight is 221 g/mol. The van der Waals surface area contributed by atoms with Crippen LogP contribution in [-0.4, -0.2) is 0 Å². The van der Waals surface area contributed by atoms with Crippen molar-refractivity contribution in [2.75, 3.05) is 0 Å². The van der Waals surface area contributed by atoms with Gasteiger partial charge in [0.1, 0.15) is 12.2 Å². The number of nitriles is 1. The van der Waals surface area contributed by atoms with Crippen LogP contribution in [0.1, 0.15) is 28.9 Å². The molecular weight excluding hydrogens is 210 g/mol. The van der Waals surface area contributed by atoms with Crippen LogP contribution in [0.2, 0.25) is 0 Å². The fraction of sp³-hybridized carbons (Fsp3) is 0.133. The molecule has 2 nitrogen and oxygen atoms in total. The zero-order valence-electron chi connectivity index (χ0n) is 9.21. The van der Waals surface area contributed by atoms with E-state index in [9.17, 15) is 0 Å². The summed E-state index contributed by atoms with van der Waals surface area (Å²) in [5, 5.41) is 8.73. The lowest BCUT2D eigenvalue weighted by Crippen LogP contribution is -1.84. The van der Waals surface area contributed by atoms with Gasteiger partial charge in [-0.3, -0.25) is 0 Å². The van der Waals surface area contributed by atoms with Crippen LogP contribution in [0, 0.1) is 11.3 Å². The largest absolute Gasteiger partial charge is 0.359 e. The molecular formula is C15H11NO. The highest BCUT2D eigenvalue weighted by Gasteiger charge is 2.41. The highest BCUT2D eigenvalue weighted by Crippen LogP contribution is 2.50. The van der Waals surface area contributed by atoms with Gasteiger partial charge in [-0.1, -0.05) is 42.5 Å². The first-order chi connectivity index (χ1) is 8.38. The first-order valence-corrected chi connectivity index (χ1v) is 5.59. The maximum absolute atomic E-state index is 8.73. The van der Waals surface area contributed by atoms with Gasteiger partial charge in [0.2, 0.25) is 0 Å². The standard InChI is InChI=1S/C15H11NO/c16-10-11-6-8-13(9-7-11)15-14(17-15)12-4-2-1-3-5-12/h1-9,14-15H/t14-,15-/m1/s1. The summed E-state index contributed by atoms with van der Waals surface area (Å²) in [4.78, 5) is 0. The minimum atomic E-state index is 0.144. The zero-order valence-corrected chi connectivity index (χ0v) is 9.21. The van der Waals surface area contributed by atoms with Crippen LogP contribution >= 0.6 is 0 Å². The minimum Gasteiger partial charge on any atom is -0.359 e. The third-order valence-corrected chi connectivity index (χ3v) is 2.99. The summed E-state index contributed by atoms with van der Waals surface area (Å²) in [7, 11) is 0. The molecule has 1 aliphatic rings. The Kier molecular flexibility index (Phi) is 2.40. The normalized spacial score (nSPS) is 21.8. The van der Waals surface area contributed by atoms with Crippen LogP contribution in [0.5, 0.6) is 0 Å². The maximum atomic E-state index is 8.73. The molecule has 2 heteroatoms. The van der Waals surface area contributed by atoms with Gasteiger partial charge >= 0.3 is 0 Å². The topological polar surface area (TPSA) is 36.3 Å². The third-order valence-electron chi connectivity index (χ3n) is 2.99. The molecule has 2 aromatic carbocycles. The van der Waals surface area contributed by atoms with Crippen LogP contribution in [0.4, 0.5) is 0 Å². The van der Waals surface area contributed by atoms with E-state index in [4.69, 9.17) is 10.00 Å². The number of benzene rings is 2. The van der Waals surface area contributed by atoms with Crippen molar-refractivity contribution >= 4 is 0 Å². The lowest BCUT2D eigenvalue weighted by Gasteiger charge is -1.96. The predicted octanol–water partition coefficient (Wildman–Crippen LogP) is 3.37. The van der Waals surface area contributed by atoms with Crippen molar-refractivity contribution in [1.82, 2.24) is 0 Å². The monoisotopic (exact) mass is 221 g/mol. The first-order valence-electron chi connectivity index (χ1n) is 5.59. The molecule has 0 radical (unpaired) electrons. The van der Waals surface area contributed by atoms with Gasteiger partial charge in [-0.05, 0) is 23.3 Å². The van der Waals surface area contributed by atoms with Crippen LogP contribution in [0.25, 0.3) is 0 Å². The number of epoxide rings is 1. The second-order valence-corrected chi connectivity index (χ2v) is 4.12. The van der Waals surface area contributed by atoms with Crippen molar-refractivity contribution in [1.29, 1.82) is 5.26 Å². The van der Waals surface area contributed by atoms with Crippen LogP contribution in [0.15, 0.2) is 54.6 Å². The van der Waals surface area contributed by atoms with Crippen LogP contribution in [0.3, 0.4) is 0 Å². The molecule has 0 spiro atoms. The number of nitrogens with zero attached hydrogens (tertiary/aromatic N) is 1. The maximum Gasteiger partial charge on any atom is 0.114 e. The molecule has 82 valence electrons. The Balaban J connectivity index is 1.78. The summed E-state index contributed by atoms with van der Waals surface area (Å²) >= 11 is 0. The SMILES string of the molecule is N#Cc1ccc([C@H]2O[C@@H]2c2ccccc2)cc1. The molecule has 2 atom stereocenters. The zero-order chi connectivity index (χ0) is 11.7. The summed E-state index contributed by atoms with van der Waals surface area (Å²) in [5.74, 6) is 0. The van der Waals surface area contributed by atoms with Crippen molar-refractivity contribution in [3.05, 3.63) is 71.3 Å². The molecule has 0 aromatic heterocycles. The number of hydrogen-bond donors (Lipinski definition) is 0. The smallest absolute Gasteiger partial charge is 0.114 e. The van der Waals surface area contributed by atoms with Crippen LogP contribution < -0.4 is 0 Å². The second kappa shape index (κ2) is 4.04. The molecule has 0 aliphatic carbocycles. The summed E-state index contributed by atoms with van der Waals surface area (Å²) in [5.41, 5.74) is 3.03. The Bertz CT molecular complexity index is 554. The molecule has 2 aromatic rings. The molecule has 0 saturated carbocycles. The van der Waals surface area contributed by atoms with Crippen molar-refractivity contribution in [3.8, 4) is 6.07 Å². The van der Waals surface area contributed by atoms with Gasteiger partial charge in [0, 0.05) is 0 Å². The Labute approximate surface area is 100 Å². The van der Waals surface area contributed by atoms with E-state index in [-0.39, 0.29) is 12.2 Å². The molecule has 0 N–H and O–H groups in total. The minimum absolute atomic E-state index is 0.144. The van der Waals surface area contributed by atoms with Crippen molar-refractivity contribution in [2.24, 2.45) is 0 Å². The highest BCUT2D eigenvalue weighted by molar-refractivity contribution is 5.35.